The fourth-order valence-electron chi connectivity index (χ4n) is 12.6. The number of benzene rings is 6. The Morgan fingerprint density at radius 3 is 1.27 bits per heavy atom. The molecule has 9 rings (SSSR count). The largest absolute Gasteiger partial charge is 0.599 e. The lowest BCUT2D eigenvalue weighted by molar-refractivity contribution is -0.251. The molecular weight excluding hydrogens is 1040 g/mol. The average Bonchev–Trinajstić information content (AvgIpc) is 4.28. The van der Waals surface area contributed by atoms with Crippen LogP contribution in [0.4, 0.5) is 0 Å². The van der Waals surface area contributed by atoms with Gasteiger partial charge in [0.05, 0.1) is 45.1 Å². The van der Waals surface area contributed by atoms with Gasteiger partial charge in [0.15, 0.2) is 0 Å². The summed E-state index contributed by atoms with van der Waals surface area (Å²) in [4.78, 5) is 34.2. The van der Waals surface area contributed by atoms with Crippen molar-refractivity contribution in [3.63, 3.8) is 0 Å². The Hall–Kier alpha value is -6.24. The quantitative estimate of drug-likeness (QED) is 0.0327. The van der Waals surface area contributed by atoms with E-state index in [0.29, 0.717) is 44.7 Å². The van der Waals surface area contributed by atoms with Gasteiger partial charge in [-0.05, 0) is 77.8 Å². The molecule has 2 fully saturated rings. The van der Waals surface area contributed by atoms with Crippen LogP contribution in [0.25, 0.3) is 11.1 Å². The van der Waals surface area contributed by atoms with Crippen molar-refractivity contribution in [3.05, 3.63) is 181 Å². The Morgan fingerprint density at radius 1 is 0.543 bits per heavy atom. The smallest absolute Gasteiger partial charge is 0.261 e. The summed E-state index contributed by atoms with van der Waals surface area (Å²) in [6.07, 6.45) is 1.20. The van der Waals surface area contributed by atoms with Crippen molar-refractivity contribution in [2.24, 2.45) is 22.6 Å². The van der Waals surface area contributed by atoms with Crippen LogP contribution in [-0.2, 0) is 32.7 Å². The molecule has 14 heteroatoms. The summed E-state index contributed by atoms with van der Waals surface area (Å²) in [6, 6.07) is 58.9. The Morgan fingerprint density at radius 2 is 0.901 bits per heavy atom. The van der Waals surface area contributed by atoms with Crippen molar-refractivity contribution in [2.45, 2.75) is 96.3 Å². The molecule has 12 nitrogen and oxygen atoms in total. The molecule has 0 unspecified atom stereocenters. The molecule has 81 heavy (non-hydrogen) atoms. The molecule has 2 amide bonds. The molecule has 2 saturated heterocycles. The Balaban J connectivity index is 0.000000233. The average molecular weight is 1130 g/mol. The van der Waals surface area contributed by atoms with Crippen LogP contribution in [0.5, 0.6) is 0 Å². The minimum Gasteiger partial charge on any atom is -0.599 e. The van der Waals surface area contributed by atoms with Crippen LogP contribution in [0.2, 0.25) is 10.1 Å². The summed E-state index contributed by atoms with van der Waals surface area (Å²) in [5.74, 6) is 0.749. The molecule has 4 atom stereocenters. The van der Waals surface area contributed by atoms with Gasteiger partial charge in [0.2, 0.25) is 11.8 Å². The van der Waals surface area contributed by atoms with Crippen LogP contribution < -0.4 is 31.6 Å². The first kappa shape index (κ1) is 60.8. The number of carbonyl (C=O) groups excluding carboxylic acids is 2. The first-order chi connectivity index (χ1) is 39.0. The van der Waals surface area contributed by atoms with Gasteiger partial charge in [0, 0.05) is 32.2 Å². The minimum atomic E-state index is -2.73. The van der Waals surface area contributed by atoms with Crippen LogP contribution in [0, 0.1) is 11.8 Å². The number of amides is 2. The second kappa shape index (κ2) is 27.7. The van der Waals surface area contributed by atoms with E-state index in [4.69, 9.17) is 28.8 Å². The maximum Gasteiger partial charge on any atom is 0.261 e. The van der Waals surface area contributed by atoms with E-state index in [-0.39, 0.29) is 72.9 Å². The van der Waals surface area contributed by atoms with Gasteiger partial charge in [-0.2, -0.15) is 0 Å². The third-order valence-electron chi connectivity index (χ3n) is 16.2. The molecule has 0 bridgehead atoms. The highest BCUT2D eigenvalue weighted by Crippen LogP contribution is 2.45. The molecule has 0 radical (unpaired) electrons. The molecule has 430 valence electrons. The van der Waals surface area contributed by atoms with Gasteiger partial charge in [-0.15, -0.1) is 0 Å². The van der Waals surface area contributed by atoms with E-state index < -0.39 is 22.7 Å². The monoisotopic (exact) mass is 1130 g/mol. The molecular formula is C67H85N4O8Si2-. The number of ether oxygens (including phenoxy) is 3. The molecule has 0 saturated carbocycles. The zero-order chi connectivity index (χ0) is 57.6. The van der Waals surface area contributed by atoms with Crippen molar-refractivity contribution in [2.75, 3.05) is 72.4 Å². The molecule has 0 spiro atoms. The SMILES string of the molecule is C[C@@H]1C[C@@H](CO[Si](c2ccccc2)(c2ccccc2)C(C)(C)C)N(C(=O)COCCN)C1.C[C@@H]1C[C@@H](CO[Si](c2ccccc2)(c2ccccc2)C(C)(C)C)N(C(=O)COCCN=C([O-])OCC2c3ccccc3-c3ccccc32)C1. The van der Waals surface area contributed by atoms with Crippen LogP contribution in [0.3, 0.4) is 0 Å². The van der Waals surface area contributed by atoms with Gasteiger partial charge in [0.25, 0.3) is 16.6 Å². The standard InChI is InChI=1S/C41H48N2O5Si.C26H38N2O3Si/c1-30-25-31(27-48-49(41(2,3)4,32-15-7-5-8-16-32)33-17-9-6-10-18-33)43(26-30)39(44)29-46-24-23-42-40(45)47-28-38-36-21-13-11-19-34(36)35-20-12-14-22-37(35)38;1-21-17-22(28(18-21)25(29)20-30-16-15-27)19-31-32(26(2,3)4,23-11-7-5-8-12-23)24-13-9-6-10-14-24/h5-22,30-31,38H,23-29H2,1-4H3,(H,42,45);5-14,21-22H,15-20,27H2,1-4H3/p-1/t30-,31+;21-,22+/m11/s1. The van der Waals surface area contributed by atoms with Crippen molar-refractivity contribution < 1.29 is 37.8 Å². The molecule has 1 aliphatic carbocycles. The third kappa shape index (κ3) is 14.2. The highest BCUT2D eigenvalue weighted by Gasteiger charge is 2.52. The lowest BCUT2D eigenvalue weighted by atomic mass is 9.98. The molecule has 3 aliphatic rings. The summed E-state index contributed by atoms with van der Waals surface area (Å²) < 4.78 is 31.0. The Labute approximate surface area is 483 Å². The van der Waals surface area contributed by atoms with Crippen LogP contribution >= 0.6 is 0 Å². The number of rotatable bonds is 21. The topological polar surface area (TPSA) is 148 Å². The van der Waals surface area contributed by atoms with Crippen LogP contribution in [-0.4, -0.2) is 129 Å². The third-order valence-corrected chi connectivity index (χ3v) is 26.2. The lowest BCUT2D eigenvalue weighted by Crippen LogP contribution is -2.67. The maximum atomic E-state index is 13.4. The number of likely N-dealkylation sites (tertiary alicyclic amines) is 2. The summed E-state index contributed by atoms with van der Waals surface area (Å²) in [5, 5.41) is 17.2. The van der Waals surface area contributed by atoms with E-state index in [1.165, 1.54) is 31.9 Å². The molecule has 6 aromatic rings. The maximum absolute atomic E-state index is 13.4. The summed E-state index contributed by atoms with van der Waals surface area (Å²) in [5.41, 5.74) is 10.2. The number of carbonyl (C=O) groups is 2. The van der Waals surface area contributed by atoms with E-state index in [9.17, 15) is 14.7 Å². The van der Waals surface area contributed by atoms with Gasteiger partial charge >= 0.3 is 0 Å². The van der Waals surface area contributed by atoms with E-state index >= 15 is 0 Å². The summed E-state index contributed by atoms with van der Waals surface area (Å²) in [6.45, 7) is 21.7. The second-order valence-corrected chi connectivity index (χ2v) is 32.7. The molecule has 2 heterocycles. The summed E-state index contributed by atoms with van der Waals surface area (Å²) in [7, 11) is -5.35. The molecule has 2 N–H and O–H groups in total. The predicted octanol–water partition coefficient (Wildman–Crippen LogP) is 8.14. The molecule has 6 aromatic carbocycles. The summed E-state index contributed by atoms with van der Waals surface area (Å²) >= 11 is 0. The lowest BCUT2D eigenvalue weighted by Gasteiger charge is -2.44. The van der Waals surface area contributed by atoms with E-state index in [1.54, 1.807) is 0 Å². The van der Waals surface area contributed by atoms with Gasteiger partial charge in [-0.3, -0.25) is 14.6 Å². The normalized spacial score (nSPS) is 18.5. The van der Waals surface area contributed by atoms with E-state index in [1.807, 2.05) is 46.2 Å². The number of aliphatic imine (C=N–C) groups is 1. The Kier molecular flexibility index (Phi) is 20.8. The predicted molar refractivity (Wildman–Crippen MR) is 328 cm³/mol. The first-order valence-electron chi connectivity index (χ1n) is 29.0. The highest BCUT2D eigenvalue weighted by atomic mass is 28.4. The second-order valence-electron chi connectivity index (χ2n) is 24.1. The highest BCUT2D eigenvalue weighted by molar-refractivity contribution is 7.00. The number of hydrogen-bond acceptors (Lipinski definition) is 10. The van der Waals surface area contributed by atoms with Gasteiger partial charge in [-0.1, -0.05) is 225 Å². The van der Waals surface area contributed by atoms with E-state index in [2.05, 4.69) is 194 Å². The zero-order valence-corrected chi connectivity index (χ0v) is 50.9. The van der Waals surface area contributed by atoms with Gasteiger partial charge < -0.3 is 43.7 Å². The van der Waals surface area contributed by atoms with Crippen LogP contribution in [0.15, 0.2) is 175 Å². The van der Waals surface area contributed by atoms with Crippen molar-refractivity contribution in [1.82, 2.24) is 9.80 Å². The number of hydrogen-bond donors (Lipinski definition) is 1. The minimum absolute atomic E-state index is 0.0168. The molecule has 0 aromatic heterocycles. The van der Waals surface area contributed by atoms with E-state index in [0.717, 1.165) is 30.5 Å². The van der Waals surface area contributed by atoms with Crippen molar-refractivity contribution in [1.29, 1.82) is 0 Å². The Bertz CT molecular complexity index is 2850. The number of fused-ring (bicyclic) bond motifs is 3. The van der Waals surface area contributed by atoms with Gasteiger partial charge in [-0.25, -0.2) is 0 Å². The van der Waals surface area contributed by atoms with Crippen molar-refractivity contribution in [3.8, 4) is 11.1 Å². The number of nitrogens with two attached hydrogens (primary N) is 1. The zero-order valence-electron chi connectivity index (χ0n) is 48.9. The first-order valence-corrected chi connectivity index (χ1v) is 32.8. The fraction of sp³-hybridized carbons (Fsp3) is 0.418. The number of nitrogens with zero attached hydrogens (tertiary/aromatic N) is 3. The molecule has 2 aliphatic heterocycles. The fourth-order valence-corrected chi connectivity index (χ4v) is 21.8. The van der Waals surface area contributed by atoms with Crippen molar-refractivity contribution >= 4 is 55.3 Å². The van der Waals surface area contributed by atoms with Crippen LogP contribution in [0.1, 0.15) is 85.3 Å². The van der Waals surface area contributed by atoms with Gasteiger partial charge in [0.1, 0.15) is 19.3 Å².